The van der Waals surface area contributed by atoms with Crippen LogP contribution in [0.1, 0.15) is 19.4 Å². The lowest BCUT2D eigenvalue weighted by Crippen LogP contribution is -2.55. The van der Waals surface area contributed by atoms with E-state index in [0.717, 1.165) is 5.56 Å². The van der Waals surface area contributed by atoms with Gasteiger partial charge in [-0.1, -0.05) is 12.1 Å². The summed E-state index contributed by atoms with van der Waals surface area (Å²) in [5.41, 5.74) is -0.0800. The largest absolute Gasteiger partial charge is 0.497 e. The first-order chi connectivity index (χ1) is 13.9. The monoisotopic (exact) mass is 398 g/mol. The number of nitrogens with one attached hydrogen (secondary N) is 2. The van der Waals surface area contributed by atoms with Gasteiger partial charge in [0.1, 0.15) is 11.5 Å². The summed E-state index contributed by atoms with van der Waals surface area (Å²) in [6.45, 7) is 3.12. The second-order valence-electron chi connectivity index (χ2n) is 6.59. The van der Waals surface area contributed by atoms with Gasteiger partial charge in [-0.15, -0.1) is 0 Å². The second kappa shape index (κ2) is 8.22. The number of hydrogen-bond acceptors (Lipinski definition) is 6. The van der Waals surface area contributed by atoms with Crippen molar-refractivity contribution in [3.8, 4) is 11.5 Å². The number of methoxy groups -OCH3 is 1. The van der Waals surface area contributed by atoms with Crippen molar-refractivity contribution in [1.29, 1.82) is 0 Å². The molecule has 1 aliphatic rings. The zero-order valence-corrected chi connectivity index (χ0v) is 16.4. The molecule has 2 aromatic carbocycles. The molecule has 2 amide bonds. The van der Waals surface area contributed by atoms with E-state index in [1.54, 1.807) is 44.4 Å². The van der Waals surface area contributed by atoms with Crippen molar-refractivity contribution in [3.63, 3.8) is 0 Å². The Morgan fingerprint density at radius 1 is 1.17 bits per heavy atom. The lowest BCUT2D eigenvalue weighted by Gasteiger charge is -2.32. The zero-order chi connectivity index (χ0) is 21.0. The van der Waals surface area contributed by atoms with Crippen LogP contribution in [0.25, 0.3) is 0 Å². The molecule has 3 rings (SSSR count). The number of hydrogen-bond donors (Lipinski definition) is 2. The molecule has 29 heavy (non-hydrogen) atoms. The Balaban J connectivity index is 1.72. The van der Waals surface area contributed by atoms with Gasteiger partial charge in [-0.25, -0.2) is 4.79 Å². The van der Waals surface area contributed by atoms with Gasteiger partial charge in [-0.3, -0.25) is 9.59 Å². The fourth-order valence-corrected chi connectivity index (χ4v) is 2.83. The molecule has 1 atom stereocenters. The first-order valence-corrected chi connectivity index (χ1v) is 9.10. The molecule has 0 aliphatic carbocycles. The van der Waals surface area contributed by atoms with Crippen molar-refractivity contribution in [3.05, 3.63) is 48.0 Å². The molecule has 8 nitrogen and oxygen atoms in total. The predicted octanol–water partition coefficient (Wildman–Crippen LogP) is 2.53. The minimum absolute atomic E-state index is 0.124. The highest BCUT2D eigenvalue weighted by atomic mass is 16.6. The van der Waals surface area contributed by atoms with E-state index in [9.17, 15) is 14.4 Å². The van der Waals surface area contributed by atoms with Crippen molar-refractivity contribution in [1.82, 2.24) is 0 Å². The summed E-state index contributed by atoms with van der Waals surface area (Å²) < 4.78 is 15.7. The molecule has 0 aromatic heterocycles. The first-order valence-electron chi connectivity index (χ1n) is 9.10. The van der Waals surface area contributed by atoms with Gasteiger partial charge in [0.25, 0.3) is 11.5 Å². The van der Waals surface area contributed by atoms with Crippen LogP contribution in [0.5, 0.6) is 11.5 Å². The molecule has 2 N–H and O–H groups in total. The van der Waals surface area contributed by atoms with E-state index in [1.807, 2.05) is 12.1 Å². The summed E-state index contributed by atoms with van der Waals surface area (Å²) in [6.07, 6.45) is 0.180. The first kappa shape index (κ1) is 20.2. The molecule has 1 heterocycles. The summed E-state index contributed by atoms with van der Waals surface area (Å²) in [7, 11) is 1.58. The highest BCUT2D eigenvalue weighted by Crippen LogP contribution is 2.36. The molecular weight excluding hydrogens is 376 g/mol. The smallest absolute Gasteiger partial charge is 0.360 e. The van der Waals surface area contributed by atoms with E-state index in [1.165, 1.54) is 6.92 Å². The maximum Gasteiger partial charge on any atom is 0.360 e. The molecule has 0 bridgehead atoms. The summed E-state index contributed by atoms with van der Waals surface area (Å²) in [6, 6.07) is 12.0. The van der Waals surface area contributed by atoms with Crippen LogP contribution in [-0.2, 0) is 25.5 Å². The topological polar surface area (TPSA) is 103 Å². The fourth-order valence-electron chi connectivity index (χ4n) is 2.83. The Morgan fingerprint density at radius 3 is 2.55 bits per heavy atom. The third kappa shape index (κ3) is 4.31. The molecule has 1 aliphatic heterocycles. The Kier molecular flexibility index (Phi) is 5.72. The summed E-state index contributed by atoms with van der Waals surface area (Å²) in [5.74, 6) is -0.630. The number of carbonyl (C=O) groups is 3. The number of fused-ring (bicyclic) bond motifs is 1. The van der Waals surface area contributed by atoms with Crippen LogP contribution in [-0.4, -0.2) is 37.1 Å². The van der Waals surface area contributed by atoms with Crippen LogP contribution >= 0.6 is 0 Å². The quantitative estimate of drug-likeness (QED) is 0.573. The average Bonchev–Trinajstić information content (AvgIpc) is 2.70. The zero-order valence-electron chi connectivity index (χ0n) is 16.4. The molecule has 0 fully saturated rings. The van der Waals surface area contributed by atoms with Crippen LogP contribution in [0.4, 0.5) is 11.4 Å². The van der Waals surface area contributed by atoms with Gasteiger partial charge in [0.05, 0.1) is 25.8 Å². The Labute approximate surface area is 168 Å². The van der Waals surface area contributed by atoms with Crippen molar-refractivity contribution in [2.24, 2.45) is 0 Å². The van der Waals surface area contributed by atoms with Crippen LogP contribution in [0, 0.1) is 0 Å². The Hall–Kier alpha value is -3.55. The molecule has 0 radical (unpaired) electrons. The van der Waals surface area contributed by atoms with E-state index in [0.29, 0.717) is 17.1 Å². The van der Waals surface area contributed by atoms with Crippen molar-refractivity contribution in [2.75, 3.05) is 24.4 Å². The normalized spacial score (nSPS) is 17.4. The highest BCUT2D eigenvalue weighted by Gasteiger charge is 2.48. The van der Waals surface area contributed by atoms with E-state index >= 15 is 0 Å². The van der Waals surface area contributed by atoms with Gasteiger partial charge in [-0.05, 0) is 43.7 Å². The summed E-state index contributed by atoms with van der Waals surface area (Å²) >= 11 is 0. The number of amides is 2. The molecule has 0 spiro atoms. The van der Waals surface area contributed by atoms with E-state index in [4.69, 9.17) is 14.2 Å². The van der Waals surface area contributed by atoms with Crippen LogP contribution < -0.4 is 20.1 Å². The minimum Gasteiger partial charge on any atom is -0.497 e. The second-order valence-corrected chi connectivity index (χ2v) is 6.59. The SMILES string of the molecule is CCOC(=O)[C@]1(C)Oc2cc(NC(=O)Cc3ccc(OC)cc3)ccc2NC1=O. The molecule has 0 saturated heterocycles. The lowest BCUT2D eigenvalue weighted by molar-refractivity contribution is -0.165. The summed E-state index contributed by atoms with van der Waals surface area (Å²) in [4.78, 5) is 36.8. The number of anilines is 2. The van der Waals surface area contributed by atoms with Gasteiger partial charge in [0.15, 0.2) is 0 Å². The lowest BCUT2D eigenvalue weighted by atomic mass is 10.0. The van der Waals surface area contributed by atoms with E-state index in [-0.39, 0.29) is 24.7 Å². The summed E-state index contributed by atoms with van der Waals surface area (Å²) in [5, 5.41) is 5.41. The fraction of sp³-hybridized carbons (Fsp3) is 0.286. The van der Waals surface area contributed by atoms with Gasteiger partial charge >= 0.3 is 5.97 Å². The van der Waals surface area contributed by atoms with E-state index < -0.39 is 17.5 Å². The number of ether oxygens (including phenoxy) is 3. The van der Waals surface area contributed by atoms with E-state index in [2.05, 4.69) is 10.6 Å². The van der Waals surface area contributed by atoms with Gasteiger partial charge in [-0.2, -0.15) is 0 Å². The standard InChI is InChI=1S/C21H22N2O6/c1-4-28-20(26)21(2)19(25)23-16-10-7-14(12-17(16)29-21)22-18(24)11-13-5-8-15(27-3)9-6-13/h5-10,12H,4,11H2,1-3H3,(H,22,24)(H,23,25)/t21-/m1/s1. The molecule has 0 saturated carbocycles. The molecule has 0 unspecified atom stereocenters. The van der Waals surface area contributed by atoms with Crippen LogP contribution in [0.3, 0.4) is 0 Å². The molecule has 152 valence electrons. The third-order valence-electron chi connectivity index (χ3n) is 4.45. The molecule has 2 aromatic rings. The van der Waals surface area contributed by atoms with Crippen LogP contribution in [0.15, 0.2) is 42.5 Å². The third-order valence-corrected chi connectivity index (χ3v) is 4.45. The van der Waals surface area contributed by atoms with Gasteiger partial charge in [0, 0.05) is 11.8 Å². The average molecular weight is 398 g/mol. The predicted molar refractivity (Wildman–Crippen MR) is 106 cm³/mol. The number of carbonyl (C=O) groups excluding carboxylic acids is 3. The highest BCUT2D eigenvalue weighted by molar-refractivity contribution is 6.14. The maximum absolute atomic E-state index is 12.4. The number of rotatable bonds is 6. The number of benzene rings is 2. The van der Waals surface area contributed by atoms with Gasteiger partial charge in [0.2, 0.25) is 5.91 Å². The Bertz CT molecular complexity index is 941. The molecular formula is C21H22N2O6. The minimum atomic E-state index is -1.80. The number of esters is 1. The van der Waals surface area contributed by atoms with Crippen LogP contribution in [0.2, 0.25) is 0 Å². The maximum atomic E-state index is 12.4. The van der Waals surface area contributed by atoms with Gasteiger partial charge < -0.3 is 24.8 Å². The Morgan fingerprint density at radius 2 is 1.90 bits per heavy atom. The van der Waals surface area contributed by atoms with Crippen molar-refractivity contribution >= 4 is 29.2 Å². The van der Waals surface area contributed by atoms with Crippen molar-refractivity contribution < 1.29 is 28.6 Å². The van der Waals surface area contributed by atoms with Crippen molar-refractivity contribution in [2.45, 2.75) is 25.9 Å². The molecule has 8 heteroatoms.